The molecule has 0 heterocycles. The van der Waals surface area contributed by atoms with E-state index in [1.165, 1.54) is 12.2 Å². The Morgan fingerprint density at radius 1 is 1.03 bits per heavy atom. The molecule has 8 heteroatoms. The van der Waals surface area contributed by atoms with Gasteiger partial charge in [-0.2, -0.15) is 0 Å². The Balaban J connectivity index is 1.73. The Hall–Kier alpha value is -3.32. The molecular weight excluding hydrogens is 396 g/mol. The molecule has 2 amide bonds. The van der Waals surface area contributed by atoms with Crippen LogP contribution in [-0.2, 0) is 14.3 Å². The Kier molecular flexibility index (Phi) is 8.72. The molecule has 0 saturated heterocycles. The Morgan fingerprint density at radius 3 is 2.45 bits per heavy atom. The minimum absolute atomic E-state index is 0.311. The highest BCUT2D eigenvalue weighted by molar-refractivity contribution is 6.32. The number of hydrazine groups is 1. The number of esters is 1. The lowest BCUT2D eigenvalue weighted by Gasteiger charge is -2.08. The number of halogens is 1. The minimum atomic E-state index is -0.545. The molecule has 2 rings (SSSR count). The molecule has 0 aliphatic heterocycles. The Labute approximate surface area is 173 Å². The summed E-state index contributed by atoms with van der Waals surface area (Å²) in [5.41, 5.74) is 5.55. The smallest absolute Gasteiger partial charge is 0.338 e. The van der Waals surface area contributed by atoms with Gasteiger partial charge in [0.25, 0.3) is 11.8 Å². The summed E-state index contributed by atoms with van der Waals surface area (Å²) in [7, 11) is 0. The predicted molar refractivity (Wildman–Crippen MR) is 109 cm³/mol. The van der Waals surface area contributed by atoms with Crippen LogP contribution in [0.15, 0.2) is 54.6 Å². The van der Waals surface area contributed by atoms with E-state index in [2.05, 4.69) is 10.9 Å². The minimum Gasteiger partial charge on any atom is -0.484 e. The molecule has 0 aliphatic rings. The van der Waals surface area contributed by atoms with Gasteiger partial charge in [0.15, 0.2) is 6.61 Å². The number of hydrogen-bond acceptors (Lipinski definition) is 5. The zero-order chi connectivity index (χ0) is 21.1. The van der Waals surface area contributed by atoms with Crippen LogP contribution in [0.1, 0.15) is 29.3 Å². The van der Waals surface area contributed by atoms with Gasteiger partial charge in [0, 0.05) is 11.1 Å². The largest absolute Gasteiger partial charge is 0.484 e. The van der Waals surface area contributed by atoms with E-state index in [4.69, 9.17) is 21.1 Å². The third-order valence-corrected chi connectivity index (χ3v) is 3.89. The van der Waals surface area contributed by atoms with Crippen LogP contribution >= 0.6 is 11.6 Å². The maximum Gasteiger partial charge on any atom is 0.338 e. The fourth-order valence-electron chi connectivity index (χ4n) is 2.10. The number of ether oxygens (including phenoxy) is 2. The highest BCUT2D eigenvalue weighted by Gasteiger charge is 2.08. The van der Waals surface area contributed by atoms with Crippen molar-refractivity contribution in [3.8, 4) is 5.75 Å². The van der Waals surface area contributed by atoms with Crippen molar-refractivity contribution in [1.82, 2.24) is 10.9 Å². The molecule has 0 aliphatic carbocycles. The number of carbonyl (C=O) groups excluding carboxylic acids is 3. The quantitative estimate of drug-likeness (QED) is 0.391. The molecular formula is C21H21ClN2O5. The van der Waals surface area contributed by atoms with Crippen molar-refractivity contribution in [2.45, 2.75) is 13.3 Å². The normalized spacial score (nSPS) is 10.4. The van der Waals surface area contributed by atoms with Crippen LogP contribution in [-0.4, -0.2) is 31.0 Å². The van der Waals surface area contributed by atoms with Crippen LogP contribution in [0.3, 0.4) is 0 Å². The van der Waals surface area contributed by atoms with Crippen molar-refractivity contribution in [2.75, 3.05) is 13.2 Å². The first-order valence-corrected chi connectivity index (χ1v) is 9.28. The van der Waals surface area contributed by atoms with Crippen LogP contribution in [0.25, 0.3) is 6.08 Å². The molecule has 0 aromatic heterocycles. The van der Waals surface area contributed by atoms with Crippen LogP contribution in [0.5, 0.6) is 5.75 Å². The maximum atomic E-state index is 11.8. The van der Waals surface area contributed by atoms with Gasteiger partial charge in [0.05, 0.1) is 12.2 Å². The summed E-state index contributed by atoms with van der Waals surface area (Å²) in [6.07, 6.45) is 3.53. The van der Waals surface area contributed by atoms with E-state index in [0.717, 1.165) is 6.42 Å². The first kappa shape index (κ1) is 22.0. The van der Waals surface area contributed by atoms with Gasteiger partial charge >= 0.3 is 5.97 Å². The van der Waals surface area contributed by atoms with Gasteiger partial charge < -0.3 is 9.47 Å². The number of benzene rings is 2. The lowest BCUT2D eigenvalue weighted by atomic mass is 10.2. The highest BCUT2D eigenvalue weighted by atomic mass is 35.5. The summed E-state index contributed by atoms with van der Waals surface area (Å²) in [5.74, 6) is -1.08. The molecule has 0 bridgehead atoms. The molecule has 0 unspecified atom stereocenters. The fraction of sp³-hybridized carbons (Fsp3) is 0.190. The van der Waals surface area contributed by atoms with Crippen molar-refractivity contribution in [3.05, 3.63) is 70.8 Å². The Morgan fingerprint density at radius 2 is 1.76 bits per heavy atom. The van der Waals surface area contributed by atoms with E-state index in [1.54, 1.807) is 48.5 Å². The molecule has 0 spiro atoms. The third kappa shape index (κ3) is 7.67. The van der Waals surface area contributed by atoms with Crippen molar-refractivity contribution in [3.63, 3.8) is 0 Å². The van der Waals surface area contributed by atoms with Crippen molar-refractivity contribution in [2.24, 2.45) is 0 Å². The number of carbonyl (C=O) groups is 3. The molecule has 2 N–H and O–H groups in total. The van der Waals surface area contributed by atoms with E-state index < -0.39 is 17.8 Å². The fourth-order valence-corrected chi connectivity index (χ4v) is 2.30. The van der Waals surface area contributed by atoms with Gasteiger partial charge in [0.1, 0.15) is 5.75 Å². The van der Waals surface area contributed by atoms with Crippen molar-refractivity contribution < 1.29 is 23.9 Å². The summed E-state index contributed by atoms with van der Waals surface area (Å²) in [6, 6.07) is 13.3. The molecule has 0 radical (unpaired) electrons. The standard InChI is InChI=1S/C21H21ClN2O5/c1-2-13-28-21(27)16-7-10-17(11-8-16)29-14-20(26)24-23-19(25)12-9-15-5-3-4-6-18(15)22/h3-12H,2,13-14H2,1H3,(H,23,25)(H,24,26). The second-order valence-electron chi connectivity index (χ2n) is 5.84. The monoisotopic (exact) mass is 416 g/mol. The first-order chi connectivity index (χ1) is 14.0. The lowest BCUT2D eigenvalue weighted by molar-refractivity contribution is -0.128. The van der Waals surface area contributed by atoms with E-state index >= 15 is 0 Å². The van der Waals surface area contributed by atoms with Crippen molar-refractivity contribution >= 4 is 35.5 Å². The molecule has 2 aromatic rings. The van der Waals surface area contributed by atoms with Crippen LogP contribution < -0.4 is 15.6 Å². The first-order valence-electron chi connectivity index (χ1n) is 8.91. The van der Waals surface area contributed by atoms with Crippen LogP contribution in [0.2, 0.25) is 5.02 Å². The van der Waals surface area contributed by atoms with E-state index in [-0.39, 0.29) is 6.61 Å². The molecule has 29 heavy (non-hydrogen) atoms. The lowest BCUT2D eigenvalue weighted by Crippen LogP contribution is -2.43. The molecule has 7 nitrogen and oxygen atoms in total. The van der Waals surface area contributed by atoms with E-state index in [9.17, 15) is 14.4 Å². The van der Waals surface area contributed by atoms with E-state index in [1.807, 2.05) is 6.92 Å². The molecule has 2 aromatic carbocycles. The molecule has 0 atom stereocenters. The SMILES string of the molecule is CCCOC(=O)c1ccc(OCC(=O)NNC(=O)C=Cc2ccccc2Cl)cc1. The molecule has 152 valence electrons. The summed E-state index contributed by atoms with van der Waals surface area (Å²) >= 11 is 5.99. The maximum absolute atomic E-state index is 11.8. The third-order valence-electron chi connectivity index (χ3n) is 3.54. The zero-order valence-electron chi connectivity index (χ0n) is 15.8. The number of amides is 2. The zero-order valence-corrected chi connectivity index (χ0v) is 16.6. The highest BCUT2D eigenvalue weighted by Crippen LogP contribution is 2.16. The molecule has 0 saturated carbocycles. The van der Waals surface area contributed by atoms with Gasteiger partial charge in [-0.25, -0.2) is 4.79 Å². The topological polar surface area (TPSA) is 93.7 Å². The average molecular weight is 417 g/mol. The number of nitrogens with one attached hydrogen (secondary N) is 2. The number of hydrogen-bond donors (Lipinski definition) is 2. The van der Waals surface area contributed by atoms with Gasteiger partial charge in [0.2, 0.25) is 0 Å². The Bertz CT molecular complexity index is 881. The van der Waals surface area contributed by atoms with Crippen molar-refractivity contribution in [1.29, 1.82) is 0 Å². The van der Waals surface area contributed by atoms with Gasteiger partial charge in [-0.15, -0.1) is 0 Å². The average Bonchev–Trinajstić information content (AvgIpc) is 2.74. The van der Waals surface area contributed by atoms with Crippen LogP contribution in [0.4, 0.5) is 0 Å². The van der Waals surface area contributed by atoms with Gasteiger partial charge in [-0.1, -0.05) is 36.7 Å². The summed E-state index contributed by atoms with van der Waals surface area (Å²) in [6.45, 7) is 1.96. The predicted octanol–water partition coefficient (Wildman–Crippen LogP) is 3.15. The van der Waals surface area contributed by atoms with Gasteiger partial charge in [-0.3, -0.25) is 20.4 Å². The number of rotatable bonds is 8. The second kappa shape index (κ2) is 11.5. The summed E-state index contributed by atoms with van der Waals surface area (Å²) < 4.78 is 10.3. The van der Waals surface area contributed by atoms with Crippen LogP contribution in [0, 0.1) is 0 Å². The summed E-state index contributed by atoms with van der Waals surface area (Å²) in [5, 5.41) is 0.513. The van der Waals surface area contributed by atoms with E-state index in [0.29, 0.717) is 28.5 Å². The second-order valence-corrected chi connectivity index (χ2v) is 6.25. The van der Waals surface area contributed by atoms with Gasteiger partial charge in [-0.05, 0) is 48.4 Å². The summed E-state index contributed by atoms with van der Waals surface area (Å²) in [4.78, 5) is 35.2. The molecule has 0 fully saturated rings.